The van der Waals surface area contributed by atoms with Crippen LogP contribution in [0.25, 0.3) is 10.2 Å². The van der Waals surface area contributed by atoms with Crippen LogP contribution in [0.5, 0.6) is 0 Å². The van der Waals surface area contributed by atoms with E-state index < -0.39 is 52.6 Å². The Bertz CT molecular complexity index is 1710. The first-order valence-electron chi connectivity index (χ1n) is 16.5. The van der Waals surface area contributed by atoms with Crippen LogP contribution in [0.1, 0.15) is 45.1 Å². The van der Waals surface area contributed by atoms with Crippen molar-refractivity contribution in [1.29, 1.82) is 0 Å². The van der Waals surface area contributed by atoms with Crippen molar-refractivity contribution in [1.82, 2.24) is 14.6 Å². The van der Waals surface area contributed by atoms with Crippen molar-refractivity contribution in [3.8, 4) is 0 Å². The van der Waals surface area contributed by atoms with Gasteiger partial charge in [-0.2, -0.15) is 4.31 Å². The number of aromatic nitrogens is 1. The standard InChI is InChI=1S/C33H41FN4O8S2/c1-18(2)11-12-38(48(41,42)22-9-10-23-29(14-22)47-32(36-23)35-21-7-8-21)16-25(39)24(13-19-3-5-20(34)6-4-19)37-33(40)46-30-26-15-27-31(45-26)43-17-28(30)44-27/h3-6,9-10,14,18,21,24-28,30-31,39H,7-8,11-13,15-17H2,1-2H3,(H,35,36)(H,37,40)/t24-,25+,26?,27?,28?,30-,31?/m0/s1. The van der Waals surface area contributed by atoms with Gasteiger partial charge in [0.2, 0.25) is 10.0 Å². The van der Waals surface area contributed by atoms with Gasteiger partial charge in [-0.3, -0.25) is 0 Å². The van der Waals surface area contributed by atoms with Crippen molar-refractivity contribution in [2.45, 2.75) is 99.7 Å². The van der Waals surface area contributed by atoms with Crippen molar-refractivity contribution in [2.75, 3.05) is 25.0 Å². The van der Waals surface area contributed by atoms with Gasteiger partial charge >= 0.3 is 6.09 Å². The number of nitrogens with one attached hydrogen (secondary N) is 2. The number of alkyl carbamates (subject to hydrolysis) is 1. The number of hydrogen-bond donors (Lipinski definition) is 3. The number of sulfonamides is 1. The zero-order valence-corrected chi connectivity index (χ0v) is 28.4. The monoisotopic (exact) mass is 704 g/mol. The van der Waals surface area contributed by atoms with E-state index in [1.807, 2.05) is 13.8 Å². The van der Waals surface area contributed by atoms with E-state index in [1.165, 1.54) is 33.8 Å². The SMILES string of the molecule is CC(C)CCN(C[C@@H](O)[C@H](Cc1ccc(F)cc1)NC(=O)O[C@@H]1C2COC3OC1CC3O2)S(=O)(=O)c1ccc2nc(NC3CC3)sc2c1. The molecule has 48 heavy (non-hydrogen) atoms. The van der Waals surface area contributed by atoms with E-state index in [4.69, 9.17) is 18.9 Å². The Morgan fingerprint density at radius 1 is 1.15 bits per heavy atom. The number of thiazole rings is 1. The van der Waals surface area contributed by atoms with Gasteiger partial charge in [-0.25, -0.2) is 22.6 Å². The van der Waals surface area contributed by atoms with Gasteiger partial charge in [0, 0.05) is 25.6 Å². The number of aliphatic hydroxyl groups is 1. The summed E-state index contributed by atoms with van der Waals surface area (Å²) in [6.07, 6.45) is -1.02. The second kappa shape index (κ2) is 13.8. The Morgan fingerprint density at radius 2 is 1.94 bits per heavy atom. The first kappa shape index (κ1) is 33.6. The quantitative estimate of drug-likeness (QED) is 0.225. The Morgan fingerprint density at radius 3 is 2.69 bits per heavy atom. The molecule has 1 aromatic heterocycles. The molecule has 3 aliphatic heterocycles. The molecule has 0 spiro atoms. The normalized spacial score (nSPS) is 26.2. The summed E-state index contributed by atoms with van der Waals surface area (Å²) in [7, 11) is -4.07. The third kappa shape index (κ3) is 7.47. The number of benzene rings is 2. The lowest BCUT2D eigenvalue weighted by molar-refractivity contribution is -0.226. The number of carbonyl (C=O) groups excluding carboxylic acids is 1. The summed E-state index contributed by atoms with van der Waals surface area (Å²) < 4.78 is 67.3. The van der Waals surface area contributed by atoms with Gasteiger partial charge in [-0.1, -0.05) is 37.3 Å². The van der Waals surface area contributed by atoms with Crippen LogP contribution < -0.4 is 10.6 Å². The van der Waals surface area contributed by atoms with Crippen molar-refractivity contribution in [3.05, 3.63) is 53.8 Å². The first-order valence-corrected chi connectivity index (χ1v) is 18.8. The molecular formula is C33H41FN4O8S2. The highest BCUT2D eigenvalue weighted by Crippen LogP contribution is 2.39. The van der Waals surface area contributed by atoms with Crippen LogP contribution in [-0.4, -0.2) is 97.5 Å². The van der Waals surface area contributed by atoms with E-state index in [1.54, 1.807) is 24.3 Å². The van der Waals surface area contributed by atoms with Crippen molar-refractivity contribution in [2.24, 2.45) is 5.92 Å². The van der Waals surface area contributed by atoms with Crippen LogP contribution in [0.15, 0.2) is 47.4 Å². The zero-order valence-electron chi connectivity index (χ0n) is 26.8. The van der Waals surface area contributed by atoms with Crippen molar-refractivity contribution < 1.29 is 41.7 Å². The summed E-state index contributed by atoms with van der Waals surface area (Å²) in [5.41, 5.74) is 1.35. The number of carbonyl (C=O) groups is 1. The topological polar surface area (TPSA) is 149 Å². The van der Waals surface area contributed by atoms with Crippen LogP contribution in [-0.2, 0) is 35.4 Å². The molecule has 7 rings (SSSR count). The Kier molecular flexibility index (Phi) is 9.63. The third-order valence-electron chi connectivity index (χ3n) is 9.21. The summed E-state index contributed by atoms with van der Waals surface area (Å²) in [6.45, 7) is 4.08. The molecule has 260 valence electrons. The smallest absolute Gasteiger partial charge is 0.407 e. The van der Waals surface area contributed by atoms with Crippen molar-refractivity contribution >= 4 is 42.8 Å². The molecule has 1 saturated carbocycles. The number of fused-ring (bicyclic) bond motifs is 3. The van der Waals surface area contributed by atoms with Gasteiger partial charge < -0.3 is 34.7 Å². The molecule has 4 heterocycles. The van der Waals surface area contributed by atoms with E-state index in [2.05, 4.69) is 15.6 Å². The fraction of sp³-hybridized carbons (Fsp3) is 0.576. The molecule has 4 fully saturated rings. The van der Waals surface area contributed by atoms with Gasteiger partial charge in [0.15, 0.2) is 17.5 Å². The first-order chi connectivity index (χ1) is 23.0. The number of amides is 1. The fourth-order valence-corrected chi connectivity index (χ4v) is 8.90. The van der Waals surface area contributed by atoms with E-state index in [-0.39, 0.29) is 49.1 Å². The minimum atomic E-state index is -4.07. The molecule has 2 aromatic carbocycles. The molecule has 0 radical (unpaired) electrons. The molecule has 4 aliphatic rings. The molecule has 3 bridgehead atoms. The summed E-state index contributed by atoms with van der Waals surface area (Å²) in [4.78, 5) is 18.0. The fourth-order valence-electron chi connectivity index (χ4n) is 6.34. The molecule has 15 heteroatoms. The van der Waals surface area contributed by atoms with Crippen LogP contribution in [0.2, 0.25) is 0 Å². The number of aliphatic hydroxyl groups excluding tert-OH is 1. The Labute approximate surface area is 283 Å². The van der Waals surface area contributed by atoms with E-state index in [0.29, 0.717) is 30.0 Å². The van der Waals surface area contributed by atoms with Crippen LogP contribution >= 0.6 is 11.3 Å². The lowest BCUT2D eigenvalue weighted by Gasteiger charge is -2.37. The lowest BCUT2D eigenvalue weighted by Crippen LogP contribution is -2.55. The average molecular weight is 705 g/mol. The average Bonchev–Trinajstić information content (AvgIpc) is 3.69. The molecule has 1 amide bonds. The molecular weight excluding hydrogens is 664 g/mol. The number of halogens is 1. The minimum Gasteiger partial charge on any atom is -0.441 e. The van der Waals surface area contributed by atoms with Gasteiger partial charge in [0.25, 0.3) is 0 Å². The van der Waals surface area contributed by atoms with Gasteiger partial charge in [0.05, 0.1) is 33.9 Å². The maximum absolute atomic E-state index is 14.2. The van der Waals surface area contributed by atoms with Gasteiger partial charge in [-0.15, -0.1) is 0 Å². The number of nitrogens with zero attached hydrogens (tertiary/aromatic N) is 2. The largest absolute Gasteiger partial charge is 0.441 e. The maximum atomic E-state index is 14.2. The van der Waals surface area contributed by atoms with E-state index in [0.717, 1.165) is 22.7 Å². The number of ether oxygens (including phenoxy) is 4. The number of rotatable bonds is 14. The summed E-state index contributed by atoms with van der Waals surface area (Å²) in [6, 6.07) is 10.0. The number of anilines is 1. The highest BCUT2D eigenvalue weighted by atomic mass is 32.2. The molecule has 1 aliphatic carbocycles. The molecule has 3 N–H and O–H groups in total. The highest BCUT2D eigenvalue weighted by Gasteiger charge is 2.55. The van der Waals surface area contributed by atoms with E-state index >= 15 is 0 Å². The summed E-state index contributed by atoms with van der Waals surface area (Å²) in [5.74, 6) is -0.232. The highest BCUT2D eigenvalue weighted by molar-refractivity contribution is 7.89. The molecule has 3 saturated heterocycles. The van der Waals surface area contributed by atoms with E-state index in [9.17, 15) is 22.7 Å². The zero-order chi connectivity index (χ0) is 33.6. The molecule has 3 aromatic rings. The predicted molar refractivity (Wildman–Crippen MR) is 176 cm³/mol. The van der Waals surface area contributed by atoms with Crippen LogP contribution in [0, 0.1) is 11.7 Å². The lowest BCUT2D eigenvalue weighted by atomic mass is 9.99. The third-order valence-corrected chi connectivity index (χ3v) is 12.0. The molecule has 7 atom stereocenters. The molecule has 4 unspecified atom stereocenters. The maximum Gasteiger partial charge on any atom is 0.407 e. The summed E-state index contributed by atoms with van der Waals surface area (Å²) >= 11 is 1.41. The predicted octanol–water partition coefficient (Wildman–Crippen LogP) is 4.03. The molecule has 12 nitrogen and oxygen atoms in total. The Balaban J connectivity index is 1.10. The Hall–Kier alpha value is -2.92. The van der Waals surface area contributed by atoms with Crippen molar-refractivity contribution in [3.63, 3.8) is 0 Å². The number of hydrogen-bond acceptors (Lipinski definition) is 11. The summed E-state index contributed by atoms with van der Waals surface area (Å²) in [5, 5.41) is 18.6. The van der Waals surface area contributed by atoms with Crippen LogP contribution in [0.3, 0.4) is 0 Å². The van der Waals surface area contributed by atoms with Crippen LogP contribution in [0.4, 0.5) is 14.3 Å². The minimum absolute atomic E-state index is 0.0932. The second-order valence-electron chi connectivity index (χ2n) is 13.5. The van der Waals surface area contributed by atoms with Gasteiger partial charge in [0.1, 0.15) is 24.1 Å². The second-order valence-corrected chi connectivity index (χ2v) is 16.4. The van der Waals surface area contributed by atoms with Gasteiger partial charge in [-0.05, 0) is 67.5 Å².